The number of hydrogen-bond acceptors (Lipinski definition) is 2. The van der Waals surface area contributed by atoms with Crippen molar-refractivity contribution >= 4 is 40.5 Å². The van der Waals surface area contributed by atoms with Gasteiger partial charge in [0.2, 0.25) is 0 Å². The highest BCUT2D eigenvalue weighted by molar-refractivity contribution is 14.1. The molecule has 0 aliphatic heterocycles. The van der Waals surface area contributed by atoms with E-state index in [1.165, 1.54) is 0 Å². The third-order valence-corrected chi connectivity index (χ3v) is 4.48. The molecule has 2 amide bonds. The van der Waals surface area contributed by atoms with Crippen molar-refractivity contribution in [2.24, 2.45) is 0 Å². The van der Waals surface area contributed by atoms with E-state index < -0.39 is 0 Å². The van der Waals surface area contributed by atoms with Gasteiger partial charge in [0.15, 0.2) is 0 Å². The molecule has 25 heavy (non-hydrogen) atoms. The van der Waals surface area contributed by atoms with Crippen molar-refractivity contribution in [3.05, 3.63) is 75.0 Å². The molecule has 0 unspecified atom stereocenters. The zero-order chi connectivity index (χ0) is 18.1. The number of carbonyl (C=O) groups excluding carboxylic acids is 2. The molecule has 0 aliphatic rings. The smallest absolute Gasteiger partial charge is 0.267 e. The maximum Gasteiger partial charge on any atom is 0.267 e. The van der Waals surface area contributed by atoms with Crippen LogP contribution in [0, 0.1) is 3.57 Å². The third-order valence-electron chi connectivity index (χ3n) is 3.54. The summed E-state index contributed by atoms with van der Waals surface area (Å²) in [4.78, 5) is 25.0. The zero-order valence-corrected chi connectivity index (χ0v) is 16.2. The first kappa shape index (κ1) is 19.2. The Bertz CT molecular complexity index is 757. The van der Waals surface area contributed by atoms with E-state index in [9.17, 15) is 9.59 Å². The van der Waals surface area contributed by atoms with Crippen molar-refractivity contribution in [1.29, 1.82) is 0 Å². The zero-order valence-electron chi connectivity index (χ0n) is 14.1. The highest BCUT2D eigenvalue weighted by Crippen LogP contribution is 2.12. The molecule has 5 heteroatoms. The molecule has 0 spiro atoms. The standard InChI is InChI=1S/C20H21IN2O2/c1-2-3-13-22-20(25)18(14-15-9-5-4-6-10-15)23-19(24)16-11-7-8-12-17(16)21/h4-12,14H,2-3,13H2,1H3,(H,22,25)(H,23,24)/b18-14+. The summed E-state index contributed by atoms with van der Waals surface area (Å²) in [5.41, 5.74) is 1.64. The number of benzene rings is 2. The Morgan fingerprint density at radius 2 is 1.72 bits per heavy atom. The van der Waals surface area contributed by atoms with Gasteiger partial charge in [0.05, 0.1) is 5.56 Å². The van der Waals surface area contributed by atoms with Crippen LogP contribution in [0.1, 0.15) is 35.7 Å². The van der Waals surface area contributed by atoms with Crippen molar-refractivity contribution in [2.75, 3.05) is 6.54 Å². The van der Waals surface area contributed by atoms with Crippen LogP contribution in [0.15, 0.2) is 60.3 Å². The Morgan fingerprint density at radius 1 is 1.04 bits per heavy atom. The predicted octanol–water partition coefficient (Wildman–Crippen LogP) is 3.98. The SMILES string of the molecule is CCCCNC(=O)/C(=C\c1ccccc1)NC(=O)c1ccccc1I. The number of nitrogens with one attached hydrogen (secondary N) is 2. The molecule has 0 atom stereocenters. The van der Waals surface area contributed by atoms with Gasteiger partial charge in [-0.25, -0.2) is 0 Å². The van der Waals surface area contributed by atoms with E-state index in [1.807, 2.05) is 42.5 Å². The molecule has 0 saturated heterocycles. The van der Waals surface area contributed by atoms with E-state index in [4.69, 9.17) is 0 Å². The van der Waals surface area contributed by atoms with Crippen LogP contribution in [0.4, 0.5) is 0 Å². The minimum atomic E-state index is -0.294. The van der Waals surface area contributed by atoms with Gasteiger partial charge >= 0.3 is 0 Å². The molecule has 0 aliphatic carbocycles. The van der Waals surface area contributed by atoms with Crippen LogP contribution in [0.2, 0.25) is 0 Å². The van der Waals surface area contributed by atoms with Gasteiger partial charge in [-0.05, 0) is 52.8 Å². The lowest BCUT2D eigenvalue weighted by atomic mass is 10.1. The van der Waals surface area contributed by atoms with E-state index in [2.05, 4.69) is 40.1 Å². The minimum absolute atomic E-state index is 0.243. The lowest BCUT2D eigenvalue weighted by Crippen LogP contribution is -2.35. The molecule has 0 saturated carbocycles. The fraction of sp³-hybridized carbons (Fsp3) is 0.200. The molecule has 0 heterocycles. The monoisotopic (exact) mass is 448 g/mol. The lowest BCUT2D eigenvalue weighted by Gasteiger charge is -2.12. The van der Waals surface area contributed by atoms with Crippen molar-refractivity contribution in [3.63, 3.8) is 0 Å². The summed E-state index contributed by atoms with van der Waals surface area (Å²) in [6, 6.07) is 16.7. The first-order valence-electron chi connectivity index (χ1n) is 8.22. The second kappa shape index (κ2) is 9.98. The maximum absolute atomic E-state index is 12.6. The molecule has 130 valence electrons. The van der Waals surface area contributed by atoms with Crippen molar-refractivity contribution in [3.8, 4) is 0 Å². The normalized spacial score (nSPS) is 11.0. The van der Waals surface area contributed by atoms with Gasteiger partial charge in [-0.15, -0.1) is 0 Å². The number of carbonyl (C=O) groups is 2. The van der Waals surface area contributed by atoms with Gasteiger partial charge in [0.25, 0.3) is 11.8 Å². The highest BCUT2D eigenvalue weighted by atomic mass is 127. The van der Waals surface area contributed by atoms with Gasteiger partial charge in [0, 0.05) is 10.1 Å². The highest BCUT2D eigenvalue weighted by Gasteiger charge is 2.15. The van der Waals surface area contributed by atoms with Crippen LogP contribution in [0.5, 0.6) is 0 Å². The molecule has 2 aromatic rings. The first-order chi connectivity index (χ1) is 12.1. The van der Waals surface area contributed by atoms with Crippen LogP contribution >= 0.6 is 22.6 Å². The summed E-state index contributed by atoms with van der Waals surface area (Å²) < 4.78 is 0.836. The number of unbranched alkanes of at least 4 members (excludes halogenated alkanes) is 1. The average Bonchev–Trinajstić information content (AvgIpc) is 2.62. The Morgan fingerprint density at radius 3 is 2.40 bits per heavy atom. The number of amides is 2. The molecule has 4 nitrogen and oxygen atoms in total. The molecular weight excluding hydrogens is 427 g/mol. The summed E-state index contributed by atoms with van der Waals surface area (Å²) in [5, 5.41) is 5.61. The molecule has 0 bridgehead atoms. The van der Waals surface area contributed by atoms with Crippen LogP contribution in [-0.2, 0) is 4.79 Å². The van der Waals surface area contributed by atoms with E-state index in [1.54, 1.807) is 18.2 Å². The number of hydrogen-bond donors (Lipinski definition) is 2. The largest absolute Gasteiger partial charge is 0.351 e. The lowest BCUT2D eigenvalue weighted by molar-refractivity contribution is -0.117. The summed E-state index contributed by atoms with van der Waals surface area (Å²) in [7, 11) is 0. The summed E-state index contributed by atoms with van der Waals surface area (Å²) in [5.74, 6) is -0.575. The Hall–Kier alpha value is -2.15. The fourth-order valence-electron chi connectivity index (χ4n) is 2.18. The number of rotatable bonds is 7. The Kier molecular flexibility index (Phi) is 7.66. The average molecular weight is 448 g/mol. The van der Waals surface area contributed by atoms with Gasteiger partial charge in [-0.3, -0.25) is 9.59 Å². The van der Waals surface area contributed by atoms with Crippen molar-refractivity contribution < 1.29 is 9.59 Å². The molecule has 2 N–H and O–H groups in total. The van der Waals surface area contributed by atoms with Crippen molar-refractivity contribution in [2.45, 2.75) is 19.8 Å². The second-order valence-corrected chi connectivity index (χ2v) is 6.67. The van der Waals surface area contributed by atoms with E-state index in [0.717, 1.165) is 22.0 Å². The van der Waals surface area contributed by atoms with E-state index in [0.29, 0.717) is 12.1 Å². The van der Waals surface area contributed by atoms with E-state index >= 15 is 0 Å². The van der Waals surface area contributed by atoms with E-state index in [-0.39, 0.29) is 17.5 Å². The van der Waals surface area contributed by atoms with Gasteiger partial charge in [0.1, 0.15) is 5.70 Å². The Balaban J connectivity index is 2.22. The second-order valence-electron chi connectivity index (χ2n) is 5.51. The van der Waals surface area contributed by atoms with Crippen LogP contribution in [0.3, 0.4) is 0 Å². The van der Waals surface area contributed by atoms with Gasteiger partial charge in [-0.2, -0.15) is 0 Å². The van der Waals surface area contributed by atoms with Crippen molar-refractivity contribution in [1.82, 2.24) is 10.6 Å². The van der Waals surface area contributed by atoms with Crippen LogP contribution < -0.4 is 10.6 Å². The minimum Gasteiger partial charge on any atom is -0.351 e. The molecule has 2 rings (SSSR count). The summed E-state index contributed by atoms with van der Waals surface area (Å²) in [6.07, 6.45) is 3.58. The molecule has 0 fully saturated rings. The maximum atomic E-state index is 12.6. The predicted molar refractivity (Wildman–Crippen MR) is 109 cm³/mol. The number of halogens is 1. The molecule has 0 radical (unpaired) electrons. The third kappa shape index (κ3) is 6.01. The molecule has 0 aromatic heterocycles. The molecule has 2 aromatic carbocycles. The van der Waals surface area contributed by atoms with Crippen LogP contribution in [0.25, 0.3) is 6.08 Å². The summed E-state index contributed by atoms with van der Waals surface area (Å²) in [6.45, 7) is 2.65. The quantitative estimate of drug-likeness (QED) is 0.383. The fourth-order valence-corrected chi connectivity index (χ4v) is 2.82. The first-order valence-corrected chi connectivity index (χ1v) is 9.30. The van der Waals surface area contributed by atoms with Gasteiger partial charge in [-0.1, -0.05) is 55.8 Å². The van der Waals surface area contributed by atoms with Crippen LogP contribution in [-0.4, -0.2) is 18.4 Å². The molecular formula is C20H21IN2O2. The topological polar surface area (TPSA) is 58.2 Å². The Labute approximate surface area is 161 Å². The van der Waals surface area contributed by atoms with Gasteiger partial charge < -0.3 is 10.6 Å². The summed E-state index contributed by atoms with van der Waals surface area (Å²) >= 11 is 2.11.